The number of benzene rings is 1. The van der Waals surface area contributed by atoms with Crippen LogP contribution >= 0.6 is 0 Å². The lowest BCUT2D eigenvalue weighted by Crippen LogP contribution is -2.36. The van der Waals surface area contributed by atoms with Crippen LogP contribution in [0.15, 0.2) is 24.4 Å². The summed E-state index contributed by atoms with van der Waals surface area (Å²) in [5.41, 5.74) is 12.5. The average Bonchev–Trinajstić information content (AvgIpc) is 2.94. The van der Waals surface area contributed by atoms with Crippen LogP contribution in [0.4, 0.5) is 0 Å². The number of nitrogens with one attached hydrogen (secondary N) is 1. The Balaban J connectivity index is 1.92. The fourth-order valence-electron chi connectivity index (χ4n) is 2.29. The van der Waals surface area contributed by atoms with Crippen molar-refractivity contribution in [3.05, 3.63) is 30.0 Å². The Morgan fingerprint density at radius 2 is 1.92 bits per heavy atom. The fraction of sp³-hybridized carbons (Fsp3) is 0.312. The molecule has 7 N–H and O–H groups in total. The van der Waals surface area contributed by atoms with E-state index < -0.39 is 30.0 Å². The number of carbonyl (C=O) groups excluding carboxylic acids is 2. The maximum absolute atomic E-state index is 11.9. The molecule has 0 aliphatic carbocycles. The van der Waals surface area contributed by atoms with Gasteiger partial charge in [-0.3, -0.25) is 9.59 Å². The van der Waals surface area contributed by atoms with Gasteiger partial charge >= 0.3 is 17.9 Å². The van der Waals surface area contributed by atoms with Crippen LogP contribution in [-0.2, 0) is 25.5 Å². The van der Waals surface area contributed by atoms with E-state index in [9.17, 15) is 19.5 Å². The zero-order valence-corrected chi connectivity index (χ0v) is 13.3. The third kappa shape index (κ3) is 4.78. The molecular formula is C16H19N3O6. The van der Waals surface area contributed by atoms with Crippen molar-refractivity contribution in [2.75, 3.05) is 0 Å². The number of hydrogen-bond acceptors (Lipinski definition) is 7. The number of carbonyl (C=O) groups is 3. The minimum atomic E-state index is -1.24. The van der Waals surface area contributed by atoms with Gasteiger partial charge in [-0.25, -0.2) is 4.79 Å². The molecule has 0 radical (unpaired) electrons. The molecule has 2 rings (SSSR count). The lowest BCUT2D eigenvalue weighted by molar-refractivity contribution is -0.160. The monoisotopic (exact) mass is 349 g/mol. The predicted octanol–water partition coefficient (Wildman–Crippen LogP) is 0.00520. The molecule has 1 heterocycles. The van der Waals surface area contributed by atoms with E-state index >= 15 is 0 Å². The van der Waals surface area contributed by atoms with Gasteiger partial charge in [0.15, 0.2) is 0 Å². The summed E-state index contributed by atoms with van der Waals surface area (Å²) in [5.74, 6) is -2.95. The van der Waals surface area contributed by atoms with Crippen molar-refractivity contribution < 1.29 is 29.3 Å². The molecule has 0 bridgehead atoms. The molecule has 0 saturated heterocycles. The van der Waals surface area contributed by atoms with Gasteiger partial charge < -0.3 is 31.4 Å². The van der Waals surface area contributed by atoms with E-state index in [-0.39, 0.29) is 25.0 Å². The van der Waals surface area contributed by atoms with Gasteiger partial charge in [-0.05, 0) is 30.2 Å². The van der Waals surface area contributed by atoms with Crippen LogP contribution in [0, 0.1) is 0 Å². The summed E-state index contributed by atoms with van der Waals surface area (Å²) in [6, 6.07) is 2.47. The lowest BCUT2D eigenvalue weighted by Gasteiger charge is -2.10. The van der Waals surface area contributed by atoms with Crippen LogP contribution in [0.3, 0.4) is 0 Å². The number of aliphatic carboxylic acids is 1. The van der Waals surface area contributed by atoms with Gasteiger partial charge in [0.2, 0.25) is 0 Å². The van der Waals surface area contributed by atoms with Gasteiger partial charge in [-0.1, -0.05) is 0 Å². The molecule has 0 amide bonds. The highest BCUT2D eigenvalue weighted by atomic mass is 16.6. The van der Waals surface area contributed by atoms with Gasteiger partial charge in [0.25, 0.3) is 0 Å². The zero-order valence-electron chi connectivity index (χ0n) is 13.3. The highest BCUT2D eigenvalue weighted by Gasteiger charge is 2.22. The maximum Gasteiger partial charge on any atom is 0.330 e. The molecule has 134 valence electrons. The lowest BCUT2D eigenvalue weighted by atomic mass is 10.1. The molecule has 0 saturated carbocycles. The second kappa shape index (κ2) is 7.77. The molecule has 0 fully saturated rings. The number of fused-ring (bicyclic) bond motifs is 1. The Labute approximate surface area is 142 Å². The number of H-pyrrole nitrogens is 1. The number of hydrogen-bond donors (Lipinski definition) is 5. The van der Waals surface area contributed by atoms with E-state index in [4.69, 9.17) is 16.6 Å². The number of carboxylic acids is 1. The normalized spacial score (nSPS) is 13.4. The molecular weight excluding hydrogens is 330 g/mol. The van der Waals surface area contributed by atoms with Crippen molar-refractivity contribution in [3.8, 4) is 5.75 Å². The first-order chi connectivity index (χ1) is 11.8. The van der Waals surface area contributed by atoms with E-state index in [1.54, 1.807) is 12.3 Å². The van der Waals surface area contributed by atoms with Crippen molar-refractivity contribution >= 4 is 28.8 Å². The molecule has 2 atom stereocenters. The van der Waals surface area contributed by atoms with Gasteiger partial charge in [-0.15, -0.1) is 0 Å². The number of rotatable bonds is 7. The average molecular weight is 349 g/mol. The molecule has 1 aromatic carbocycles. The second-order valence-corrected chi connectivity index (χ2v) is 5.63. The molecule has 0 aliphatic rings. The molecule has 0 aliphatic heterocycles. The fourth-order valence-corrected chi connectivity index (χ4v) is 2.29. The highest BCUT2D eigenvalue weighted by Crippen LogP contribution is 2.23. The summed E-state index contributed by atoms with van der Waals surface area (Å²) in [6.07, 6.45) is 1.32. The number of carboxylic acid groups (broad SMARTS) is 1. The third-order valence-corrected chi connectivity index (χ3v) is 3.68. The first kappa shape index (κ1) is 18.4. The summed E-state index contributed by atoms with van der Waals surface area (Å²) < 4.78 is 4.62. The zero-order chi connectivity index (χ0) is 18.6. The summed E-state index contributed by atoms with van der Waals surface area (Å²) >= 11 is 0. The molecule has 25 heavy (non-hydrogen) atoms. The summed E-state index contributed by atoms with van der Waals surface area (Å²) in [5, 5.41) is 18.9. The quantitative estimate of drug-likeness (QED) is 0.344. The standard InChI is InChI=1S/C16H19N3O6/c17-11(15(22)23)2-4-14(21)25-16(24)12(18)5-8-7-19-13-3-1-9(20)6-10(8)13/h1,3,6-7,11-12,19-20H,2,4-5,17-18H2,(H,22,23)/t11-,12-/m0/s1. The molecule has 0 unspecified atom stereocenters. The first-order valence-corrected chi connectivity index (χ1v) is 7.55. The number of phenols is 1. The van der Waals surface area contributed by atoms with Gasteiger partial charge in [-0.2, -0.15) is 0 Å². The van der Waals surface area contributed by atoms with Crippen LogP contribution in [-0.4, -0.2) is 45.2 Å². The summed E-state index contributed by atoms with van der Waals surface area (Å²) in [6.45, 7) is 0. The predicted molar refractivity (Wildman–Crippen MR) is 87.6 cm³/mol. The van der Waals surface area contributed by atoms with Crippen molar-refractivity contribution in [1.82, 2.24) is 4.98 Å². The number of aromatic hydroxyl groups is 1. The van der Waals surface area contributed by atoms with Crippen LogP contribution < -0.4 is 11.5 Å². The Bertz CT molecular complexity index is 800. The van der Waals surface area contributed by atoms with Crippen molar-refractivity contribution in [1.29, 1.82) is 0 Å². The highest BCUT2D eigenvalue weighted by molar-refractivity contribution is 5.90. The first-order valence-electron chi connectivity index (χ1n) is 7.55. The van der Waals surface area contributed by atoms with Crippen LogP contribution in [0.1, 0.15) is 18.4 Å². The van der Waals surface area contributed by atoms with E-state index in [1.165, 1.54) is 12.1 Å². The van der Waals surface area contributed by atoms with E-state index in [2.05, 4.69) is 9.72 Å². The number of phenolic OH excluding ortho intramolecular Hbond substituents is 1. The summed E-state index contributed by atoms with van der Waals surface area (Å²) in [7, 11) is 0. The number of aromatic amines is 1. The molecule has 2 aromatic rings. The molecule has 0 spiro atoms. The molecule has 9 heteroatoms. The van der Waals surface area contributed by atoms with Gasteiger partial charge in [0.1, 0.15) is 17.8 Å². The van der Waals surface area contributed by atoms with Crippen molar-refractivity contribution in [3.63, 3.8) is 0 Å². The topological polar surface area (TPSA) is 169 Å². The Hall–Kier alpha value is -2.91. The number of aromatic nitrogens is 1. The van der Waals surface area contributed by atoms with Crippen LogP contribution in [0.2, 0.25) is 0 Å². The van der Waals surface area contributed by atoms with Crippen LogP contribution in [0.5, 0.6) is 5.75 Å². The van der Waals surface area contributed by atoms with Crippen molar-refractivity contribution in [2.24, 2.45) is 11.5 Å². The third-order valence-electron chi connectivity index (χ3n) is 3.68. The minimum absolute atomic E-state index is 0.0782. The second-order valence-electron chi connectivity index (χ2n) is 5.63. The molecule has 1 aromatic heterocycles. The Morgan fingerprint density at radius 1 is 1.20 bits per heavy atom. The SMILES string of the molecule is N[C@@H](CCC(=O)OC(=O)[C@@H](N)Cc1c[nH]c2ccc(O)cc12)C(=O)O. The van der Waals surface area contributed by atoms with Gasteiger partial charge in [0.05, 0.1) is 0 Å². The van der Waals surface area contributed by atoms with Crippen LogP contribution in [0.25, 0.3) is 10.9 Å². The Morgan fingerprint density at radius 3 is 2.60 bits per heavy atom. The number of ether oxygens (including phenoxy) is 1. The largest absolute Gasteiger partial charge is 0.508 e. The Kier molecular flexibility index (Phi) is 5.73. The van der Waals surface area contributed by atoms with E-state index in [0.29, 0.717) is 10.9 Å². The minimum Gasteiger partial charge on any atom is -0.508 e. The summed E-state index contributed by atoms with van der Waals surface area (Å²) in [4.78, 5) is 37.0. The van der Waals surface area contributed by atoms with Gasteiger partial charge in [0, 0.05) is 29.9 Å². The number of esters is 2. The number of nitrogens with two attached hydrogens (primary N) is 2. The molecule has 9 nitrogen and oxygen atoms in total. The van der Waals surface area contributed by atoms with Crippen molar-refractivity contribution in [2.45, 2.75) is 31.3 Å². The maximum atomic E-state index is 11.9. The van der Waals surface area contributed by atoms with E-state index in [0.717, 1.165) is 5.52 Å². The smallest absolute Gasteiger partial charge is 0.330 e. The van der Waals surface area contributed by atoms with E-state index in [1.807, 2.05) is 0 Å².